The zero-order valence-electron chi connectivity index (χ0n) is 8.77. The summed E-state index contributed by atoms with van der Waals surface area (Å²) in [6.45, 7) is 3.27. The third-order valence-corrected chi connectivity index (χ3v) is 3.68. The Kier molecular flexibility index (Phi) is 2.32. The maximum Gasteiger partial charge on any atom is 0.407 e. The first-order valence-electron chi connectivity index (χ1n) is 5.23. The van der Waals surface area contributed by atoms with Gasteiger partial charge in [0.2, 0.25) is 6.41 Å². The average molecular weight is 212 g/mol. The van der Waals surface area contributed by atoms with E-state index in [1.165, 1.54) is 4.90 Å². The summed E-state index contributed by atoms with van der Waals surface area (Å²) in [4.78, 5) is 22.7. The first kappa shape index (κ1) is 10.3. The zero-order valence-corrected chi connectivity index (χ0v) is 8.77. The first-order chi connectivity index (χ1) is 7.04. The van der Waals surface area contributed by atoms with E-state index in [0.717, 1.165) is 19.3 Å². The molecule has 2 unspecified atom stereocenters. The summed E-state index contributed by atoms with van der Waals surface area (Å²) in [5.41, 5.74) is -0.123. The van der Waals surface area contributed by atoms with Crippen molar-refractivity contribution < 1.29 is 14.7 Å². The van der Waals surface area contributed by atoms with E-state index in [1.807, 2.05) is 6.92 Å². The number of fused-ring (bicyclic) bond motifs is 1. The van der Waals surface area contributed by atoms with Gasteiger partial charge >= 0.3 is 6.09 Å². The van der Waals surface area contributed by atoms with Crippen LogP contribution in [0.3, 0.4) is 0 Å². The lowest BCUT2D eigenvalue weighted by atomic mass is 9.98. The van der Waals surface area contributed by atoms with Gasteiger partial charge in [0, 0.05) is 18.6 Å². The van der Waals surface area contributed by atoms with E-state index >= 15 is 0 Å². The van der Waals surface area contributed by atoms with Gasteiger partial charge < -0.3 is 15.3 Å². The maximum atomic E-state index is 10.8. The number of carbonyl (C=O) groups is 2. The van der Waals surface area contributed by atoms with Crippen LogP contribution in [0, 0.1) is 11.8 Å². The molecule has 2 aliphatic rings. The molecule has 2 amide bonds. The van der Waals surface area contributed by atoms with Gasteiger partial charge in [-0.2, -0.15) is 0 Å². The summed E-state index contributed by atoms with van der Waals surface area (Å²) in [5.74, 6) is 0.831. The number of carbonyl (C=O) groups excluding carboxylic acids is 1. The fraction of sp³-hybridized carbons (Fsp3) is 0.800. The van der Waals surface area contributed by atoms with Gasteiger partial charge in [0.15, 0.2) is 0 Å². The highest BCUT2D eigenvalue weighted by molar-refractivity contribution is 5.65. The molecule has 2 N–H and O–H groups in total. The van der Waals surface area contributed by atoms with Crippen LogP contribution < -0.4 is 5.32 Å². The van der Waals surface area contributed by atoms with Gasteiger partial charge in [0.05, 0.1) is 0 Å². The highest BCUT2D eigenvalue weighted by atomic mass is 16.4. The van der Waals surface area contributed by atoms with Crippen molar-refractivity contribution in [2.45, 2.75) is 25.3 Å². The Hall–Kier alpha value is -1.26. The van der Waals surface area contributed by atoms with Crippen LogP contribution in [-0.4, -0.2) is 41.1 Å². The van der Waals surface area contributed by atoms with Gasteiger partial charge in [0.1, 0.15) is 0 Å². The van der Waals surface area contributed by atoms with E-state index in [4.69, 9.17) is 5.11 Å². The Morgan fingerprint density at radius 3 is 2.40 bits per heavy atom. The number of hydrogen-bond acceptors (Lipinski definition) is 2. The van der Waals surface area contributed by atoms with Gasteiger partial charge in [-0.05, 0) is 31.6 Å². The van der Waals surface area contributed by atoms with Gasteiger partial charge in [0.25, 0.3) is 0 Å². The lowest BCUT2D eigenvalue weighted by Gasteiger charge is -2.25. The fourth-order valence-corrected chi connectivity index (χ4v) is 3.06. The molecule has 2 rings (SSSR count). The molecule has 1 saturated carbocycles. The Bertz CT molecular complexity index is 278. The topological polar surface area (TPSA) is 69.6 Å². The predicted molar refractivity (Wildman–Crippen MR) is 53.4 cm³/mol. The summed E-state index contributed by atoms with van der Waals surface area (Å²) in [5, 5.41) is 11.7. The van der Waals surface area contributed by atoms with Crippen LogP contribution in [0.5, 0.6) is 0 Å². The monoisotopic (exact) mass is 212 g/mol. The molecule has 0 aromatic rings. The number of rotatable bonds is 2. The fourth-order valence-electron chi connectivity index (χ4n) is 3.06. The molecule has 0 radical (unpaired) electrons. The van der Waals surface area contributed by atoms with Crippen molar-refractivity contribution in [1.82, 2.24) is 10.2 Å². The van der Waals surface area contributed by atoms with E-state index in [-0.39, 0.29) is 5.54 Å². The van der Waals surface area contributed by atoms with Gasteiger partial charge in [-0.25, -0.2) is 4.79 Å². The minimum absolute atomic E-state index is 0.123. The molecule has 1 aliphatic carbocycles. The largest absolute Gasteiger partial charge is 0.465 e. The Labute approximate surface area is 88.4 Å². The molecule has 1 heterocycles. The van der Waals surface area contributed by atoms with Crippen LogP contribution in [-0.2, 0) is 4.79 Å². The van der Waals surface area contributed by atoms with E-state index in [9.17, 15) is 9.59 Å². The van der Waals surface area contributed by atoms with Gasteiger partial charge in [-0.3, -0.25) is 4.79 Å². The number of nitrogens with zero attached hydrogens (tertiary/aromatic N) is 1. The quantitative estimate of drug-likeness (QED) is 0.655. The minimum Gasteiger partial charge on any atom is -0.465 e. The molecule has 0 spiro atoms. The molecular formula is C10H16N2O3. The molecule has 84 valence electrons. The Balaban J connectivity index is 1.98. The second-order valence-corrected chi connectivity index (χ2v) is 4.94. The summed E-state index contributed by atoms with van der Waals surface area (Å²) in [7, 11) is 0. The number of carboxylic acid groups (broad SMARTS) is 1. The van der Waals surface area contributed by atoms with Crippen LogP contribution in [0.4, 0.5) is 4.79 Å². The van der Waals surface area contributed by atoms with E-state index in [0.29, 0.717) is 24.9 Å². The molecule has 0 aromatic carbocycles. The molecule has 15 heavy (non-hydrogen) atoms. The van der Waals surface area contributed by atoms with Gasteiger partial charge in [-0.1, -0.05) is 0 Å². The number of amides is 2. The first-order valence-corrected chi connectivity index (χ1v) is 5.23. The van der Waals surface area contributed by atoms with Crippen LogP contribution >= 0.6 is 0 Å². The van der Waals surface area contributed by atoms with E-state index in [2.05, 4.69) is 5.32 Å². The molecule has 1 aliphatic heterocycles. The zero-order chi connectivity index (χ0) is 11.1. The molecule has 2 fully saturated rings. The van der Waals surface area contributed by atoms with Gasteiger partial charge in [-0.15, -0.1) is 0 Å². The molecule has 5 heteroatoms. The number of nitrogens with one attached hydrogen (secondary N) is 1. The molecule has 2 atom stereocenters. The summed E-state index contributed by atoms with van der Waals surface area (Å²) >= 11 is 0. The predicted octanol–water partition coefficient (Wildman–Crippen LogP) is 0.511. The van der Waals surface area contributed by atoms with Crippen molar-refractivity contribution in [1.29, 1.82) is 0 Å². The number of hydrogen-bond donors (Lipinski definition) is 2. The van der Waals surface area contributed by atoms with Crippen molar-refractivity contribution >= 4 is 12.5 Å². The Morgan fingerprint density at radius 2 is 2.00 bits per heavy atom. The highest BCUT2D eigenvalue weighted by Crippen LogP contribution is 2.43. The molecule has 0 aromatic heterocycles. The summed E-state index contributed by atoms with van der Waals surface area (Å²) in [6.07, 6.45) is 1.70. The average Bonchev–Trinajstić information content (AvgIpc) is 2.59. The van der Waals surface area contributed by atoms with Crippen LogP contribution in [0.15, 0.2) is 0 Å². The van der Waals surface area contributed by atoms with Crippen molar-refractivity contribution in [2.75, 3.05) is 13.1 Å². The molecule has 0 bridgehead atoms. The number of likely N-dealkylation sites (tertiary alicyclic amines) is 1. The van der Waals surface area contributed by atoms with Crippen LogP contribution in [0.1, 0.15) is 19.8 Å². The second-order valence-electron chi connectivity index (χ2n) is 4.94. The highest BCUT2D eigenvalue weighted by Gasteiger charge is 2.47. The Morgan fingerprint density at radius 1 is 1.47 bits per heavy atom. The lowest BCUT2D eigenvalue weighted by molar-refractivity contribution is -0.111. The molecule has 5 nitrogen and oxygen atoms in total. The van der Waals surface area contributed by atoms with Crippen molar-refractivity contribution in [3.05, 3.63) is 0 Å². The summed E-state index contributed by atoms with van der Waals surface area (Å²) in [6, 6.07) is 0. The second kappa shape index (κ2) is 3.40. The third kappa shape index (κ3) is 1.78. The van der Waals surface area contributed by atoms with Crippen LogP contribution in [0.25, 0.3) is 0 Å². The van der Waals surface area contributed by atoms with Crippen LogP contribution in [0.2, 0.25) is 0 Å². The van der Waals surface area contributed by atoms with E-state index < -0.39 is 6.09 Å². The van der Waals surface area contributed by atoms with Crippen molar-refractivity contribution in [2.24, 2.45) is 11.8 Å². The third-order valence-electron chi connectivity index (χ3n) is 3.68. The lowest BCUT2D eigenvalue weighted by Crippen LogP contribution is -2.41. The van der Waals surface area contributed by atoms with E-state index in [1.54, 1.807) is 0 Å². The normalized spacial score (nSPS) is 38.9. The van der Waals surface area contributed by atoms with Crippen molar-refractivity contribution in [3.8, 4) is 0 Å². The van der Waals surface area contributed by atoms with Crippen molar-refractivity contribution in [3.63, 3.8) is 0 Å². The summed E-state index contributed by atoms with van der Waals surface area (Å²) < 4.78 is 0. The standard InChI is InChI=1S/C10H16N2O3/c1-10(11-6-13)2-7-4-12(9(14)15)5-8(7)3-10/h6-8H,2-5H2,1H3,(H,11,13)(H,14,15). The maximum absolute atomic E-state index is 10.8. The molecule has 1 saturated heterocycles. The molecular weight excluding hydrogens is 196 g/mol. The minimum atomic E-state index is -0.825. The smallest absolute Gasteiger partial charge is 0.407 e. The SMILES string of the molecule is CC1(NC=O)CC2CN(C(=O)O)CC2C1.